The topological polar surface area (TPSA) is 103 Å². The van der Waals surface area contributed by atoms with Crippen molar-refractivity contribution >= 4 is 45.6 Å². The quantitative estimate of drug-likeness (QED) is 0.180. The molecule has 182 valence electrons. The van der Waals surface area contributed by atoms with Gasteiger partial charge in [0.25, 0.3) is 11.7 Å². The molecule has 3 N–H and O–H groups in total. The lowest BCUT2D eigenvalue weighted by atomic mass is 9.94. The Morgan fingerprint density at radius 1 is 1.11 bits per heavy atom. The Kier molecular flexibility index (Phi) is 5.94. The summed E-state index contributed by atoms with van der Waals surface area (Å²) in [5.41, 5.74) is 2.80. The van der Waals surface area contributed by atoms with Crippen LogP contribution in [-0.4, -0.2) is 33.5 Å². The number of phenolic OH excluding ortho intramolecular Hbond substituents is 1. The van der Waals surface area contributed by atoms with Crippen LogP contribution in [0.15, 0.2) is 72.4 Å². The molecule has 5 rings (SSSR count). The fourth-order valence-electron chi connectivity index (χ4n) is 4.53. The second kappa shape index (κ2) is 9.09. The number of carbonyl (C=O) groups is 2. The fraction of sp³-hybridized carbons (Fsp3) is 0.143. The molecule has 1 aliphatic rings. The lowest BCUT2D eigenvalue weighted by Gasteiger charge is -2.26. The first-order chi connectivity index (χ1) is 17.3. The van der Waals surface area contributed by atoms with Crippen molar-refractivity contribution in [2.24, 2.45) is 0 Å². The van der Waals surface area contributed by atoms with Crippen molar-refractivity contribution in [3.63, 3.8) is 0 Å². The molecule has 1 aliphatic heterocycles. The minimum absolute atomic E-state index is 0.0745. The van der Waals surface area contributed by atoms with Crippen molar-refractivity contribution in [1.29, 1.82) is 0 Å². The van der Waals surface area contributed by atoms with Gasteiger partial charge in [-0.1, -0.05) is 41.9 Å². The molecule has 8 heteroatoms. The number of fused-ring (bicyclic) bond motifs is 1. The molecule has 0 bridgehead atoms. The predicted octanol–water partition coefficient (Wildman–Crippen LogP) is 5.86. The standard InChI is InChI=1S/C28H23ClN2O5/c1-3-36-23-12-16(9-11-22(23)32)25-24(26(33)19-14-30-21-7-5-4-6-18(19)21)27(34)28(35)31(25)17-10-8-15(2)20(29)13-17/h4-14,25,30,32-33H,3H2,1-2H3/b26-24-. The number of nitrogens with one attached hydrogen (secondary N) is 1. The number of rotatable bonds is 5. The third-order valence-corrected chi connectivity index (χ3v) is 6.73. The van der Waals surface area contributed by atoms with Gasteiger partial charge in [-0.15, -0.1) is 0 Å². The van der Waals surface area contributed by atoms with Gasteiger partial charge in [0.1, 0.15) is 5.76 Å². The maximum Gasteiger partial charge on any atom is 0.300 e. The smallest absolute Gasteiger partial charge is 0.300 e. The second-order valence-electron chi connectivity index (χ2n) is 8.51. The highest BCUT2D eigenvalue weighted by Crippen LogP contribution is 2.45. The first-order valence-corrected chi connectivity index (χ1v) is 11.8. The zero-order valence-corrected chi connectivity index (χ0v) is 20.3. The Labute approximate surface area is 212 Å². The van der Waals surface area contributed by atoms with Gasteiger partial charge < -0.3 is 19.9 Å². The molecule has 1 aromatic heterocycles. The van der Waals surface area contributed by atoms with Crippen molar-refractivity contribution in [3.8, 4) is 11.5 Å². The minimum Gasteiger partial charge on any atom is -0.507 e. The number of amides is 1. The zero-order valence-electron chi connectivity index (χ0n) is 19.6. The summed E-state index contributed by atoms with van der Waals surface area (Å²) < 4.78 is 5.55. The molecule has 3 aromatic carbocycles. The Bertz CT molecular complexity index is 1550. The summed E-state index contributed by atoms with van der Waals surface area (Å²) in [7, 11) is 0. The molecular weight excluding hydrogens is 480 g/mol. The van der Waals surface area contributed by atoms with Crippen molar-refractivity contribution in [1.82, 2.24) is 4.98 Å². The van der Waals surface area contributed by atoms with Crippen LogP contribution in [0.1, 0.15) is 29.7 Å². The maximum absolute atomic E-state index is 13.4. The summed E-state index contributed by atoms with van der Waals surface area (Å²) in [6.07, 6.45) is 1.61. The monoisotopic (exact) mass is 502 g/mol. The Morgan fingerprint density at radius 2 is 1.89 bits per heavy atom. The number of nitrogens with zero attached hydrogens (tertiary/aromatic N) is 1. The number of halogens is 1. The lowest BCUT2D eigenvalue weighted by molar-refractivity contribution is -0.132. The molecule has 4 aromatic rings. The van der Waals surface area contributed by atoms with Crippen LogP contribution in [-0.2, 0) is 9.59 Å². The predicted molar refractivity (Wildman–Crippen MR) is 139 cm³/mol. The van der Waals surface area contributed by atoms with E-state index in [2.05, 4.69) is 4.98 Å². The number of benzene rings is 3. The van der Waals surface area contributed by atoms with Crippen LogP contribution in [0.2, 0.25) is 5.02 Å². The number of Topliss-reactive ketones (excluding diaryl/α,β-unsaturated/α-hetero) is 1. The second-order valence-corrected chi connectivity index (χ2v) is 8.92. The van der Waals surface area contributed by atoms with Crippen LogP contribution in [0.3, 0.4) is 0 Å². The van der Waals surface area contributed by atoms with Crippen LogP contribution in [0.5, 0.6) is 11.5 Å². The van der Waals surface area contributed by atoms with E-state index in [1.54, 1.807) is 43.5 Å². The summed E-state index contributed by atoms with van der Waals surface area (Å²) in [4.78, 5) is 31.3. The van der Waals surface area contributed by atoms with E-state index in [0.29, 0.717) is 33.8 Å². The highest BCUT2D eigenvalue weighted by molar-refractivity contribution is 6.52. The molecule has 1 atom stereocenters. The van der Waals surface area contributed by atoms with Crippen LogP contribution >= 0.6 is 11.6 Å². The molecule has 1 unspecified atom stereocenters. The van der Waals surface area contributed by atoms with Crippen molar-refractivity contribution in [3.05, 3.63) is 94.1 Å². The van der Waals surface area contributed by atoms with Crippen LogP contribution in [0.4, 0.5) is 5.69 Å². The molecule has 1 fully saturated rings. The van der Waals surface area contributed by atoms with Gasteiger partial charge in [-0.05, 0) is 55.3 Å². The first-order valence-electron chi connectivity index (χ1n) is 11.4. The molecule has 1 amide bonds. The average molecular weight is 503 g/mol. The van der Waals surface area contributed by atoms with Gasteiger partial charge in [0.15, 0.2) is 11.5 Å². The zero-order chi connectivity index (χ0) is 25.6. The van der Waals surface area contributed by atoms with E-state index in [1.807, 2.05) is 31.2 Å². The summed E-state index contributed by atoms with van der Waals surface area (Å²) in [6, 6.07) is 16.0. The summed E-state index contributed by atoms with van der Waals surface area (Å²) in [5.74, 6) is -1.80. The summed E-state index contributed by atoms with van der Waals surface area (Å²) >= 11 is 6.36. The Hall–Kier alpha value is -4.23. The van der Waals surface area contributed by atoms with E-state index in [1.165, 1.54) is 11.0 Å². The molecule has 0 saturated carbocycles. The highest BCUT2D eigenvalue weighted by Gasteiger charge is 2.47. The number of ketones is 1. The molecule has 0 aliphatic carbocycles. The van der Waals surface area contributed by atoms with Crippen LogP contribution in [0, 0.1) is 6.92 Å². The van der Waals surface area contributed by atoms with Gasteiger partial charge in [-0.3, -0.25) is 14.5 Å². The fourth-order valence-corrected chi connectivity index (χ4v) is 4.71. The van der Waals surface area contributed by atoms with E-state index in [-0.39, 0.29) is 22.8 Å². The van der Waals surface area contributed by atoms with Gasteiger partial charge in [-0.2, -0.15) is 0 Å². The number of phenols is 1. The van der Waals surface area contributed by atoms with Gasteiger partial charge in [-0.25, -0.2) is 0 Å². The number of para-hydroxylation sites is 1. The number of aryl methyl sites for hydroxylation is 1. The van der Waals surface area contributed by atoms with Gasteiger partial charge in [0, 0.05) is 33.4 Å². The average Bonchev–Trinajstić information content (AvgIpc) is 3.41. The van der Waals surface area contributed by atoms with Crippen LogP contribution < -0.4 is 9.64 Å². The molecule has 7 nitrogen and oxygen atoms in total. The minimum atomic E-state index is -0.989. The van der Waals surface area contributed by atoms with Crippen LogP contribution in [0.25, 0.3) is 16.7 Å². The first kappa shape index (κ1) is 23.5. The van der Waals surface area contributed by atoms with E-state index in [0.717, 1.165) is 11.1 Å². The number of hydrogen-bond donors (Lipinski definition) is 3. The number of H-pyrrole nitrogens is 1. The van der Waals surface area contributed by atoms with Crippen molar-refractivity contribution < 1.29 is 24.5 Å². The normalized spacial score (nSPS) is 17.2. The molecule has 1 saturated heterocycles. The number of aliphatic hydroxyl groups excluding tert-OH is 1. The van der Waals surface area contributed by atoms with E-state index in [4.69, 9.17) is 16.3 Å². The third-order valence-electron chi connectivity index (χ3n) is 6.32. The molecule has 0 spiro atoms. The summed E-state index contributed by atoms with van der Waals surface area (Å²) in [6.45, 7) is 3.92. The number of aromatic hydroxyl groups is 1. The highest BCUT2D eigenvalue weighted by atomic mass is 35.5. The van der Waals surface area contributed by atoms with E-state index in [9.17, 15) is 19.8 Å². The molecule has 36 heavy (non-hydrogen) atoms. The number of hydrogen-bond acceptors (Lipinski definition) is 5. The van der Waals surface area contributed by atoms with E-state index < -0.39 is 17.7 Å². The Balaban J connectivity index is 1.77. The molecular formula is C28H23ClN2O5. The molecule has 2 heterocycles. The van der Waals surface area contributed by atoms with Gasteiger partial charge >= 0.3 is 0 Å². The van der Waals surface area contributed by atoms with Gasteiger partial charge in [0.05, 0.1) is 18.2 Å². The number of aliphatic hydroxyl groups is 1. The largest absolute Gasteiger partial charge is 0.507 e. The number of anilines is 1. The molecule has 0 radical (unpaired) electrons. The van der Waals surface area contributed by atoms with Gasteiger partial charge in [0.2, 0.25) is 0 Å². The number of carbonyl (C=O) groups excluding carboxylic acids is 2. The van der Waals surface area contributed by atoms with Crippen molar-refractivity contribution in [2.45, 2.75) is 19.9 Å². The SMILES string of the molecule is CCOc1cc(C2/C(=C(/O)c3c[nH]c4ccccc34)C(=O)C(=O)N2c2ccc(C)c(Cl)c2)ccc1O. The third kappa shape index (κ3) is 3.78. The lowest BCUT2D eigenvalue weighted by Crippen LogP contribution is -2.29. The number of aromatic nitrogens is 1. The number of ether oxygens (including phenoxy) is 1. The van der Waals surface area contributed by atoms with Crippen molar-refractivity contribution in [2.75, 3.05) is 11.5 Å². The Morgan fingerprint density at radius 3 is 2.64 bits per heavy atom. The number of aromatic amines is 1. The van der Waals surface area contributed by atoms with E-state index >= 15 is 0 Å². The maximum atomic E-state index is 13.4. The summed E-state index contributed by atoms with van der Waals surface area (Å²) in [5, 5.41) is 22.9.